The van der Waals surface area contributed by atoms with E-state index in [1.165, 1.54) is 6.07 Å². The molecule has 11 heavy (non-hydrogen) atoms. The number of rotatable bonds is 2. The molecule has 0 bridgehead atoms. The minimum Gasteiger partial charge on any atom is -0.207 e. The van der Waals surface area contributed by atoms with Crippen LogP contribution in [-0.2, 0) is 0 Å². The predicted octanol–water partition coefficient (Wildman–Crippen LogP) is 3.43. The van der Waals surface area contributed by atoms with Crippen LogP contribution in [0.15, 0.2) is 18.2 Å². The highest BCUT2D eigenvalue weighted by atomic mass is 79.9. The van der Waals surface area contributed by atoms with Crippen LogP contribution >= 0.6 is 27.5 Å². The van der Waals surface area contributed by atoms with Crippen molar-refractivity contribution in [2.75, 3.05) is 5.33 Å². The van der Waals surface area contributed by atoms with Crippen LogP contribution < -0.4 is 0 Å². The zero-order valence-electron chi connectivity index (χ0n) is 5.65. The van der Waals surface area contributed by atoms with Crippen LogP contribution in [0.25, 0.3) is 0 Å². The SMILES string of the molecule is Fc1cc(Cl)ccc1[CH]CBr. The van der Waals surface area contributed by atoms with E-state index >= 15 is 0 Å². The first-order valence-corrected chi connectivity index (χ1v) is 4.58. The molecule has 0 nitrogen and oxygen atoms in total. The van der Waals surface area contributed by atoms with Crippen LogP contribution in [-0.4, -0.2) is 5.33 Å². The average molecular weight is 236 g/mol. The number of benzene rings is 1. The zero-order chi connectivity index (χ0) is 8.27. The molecule has 3 heteroatoms. The Morgan fingerprint density at radius 1 is 1.55 bits per heavy atom. The van der Waals surface area contributed by atoms with Gasteiger partial charge in [0, 0.05) is 16.8 Å². The number of halogens is 3. The van der Waals surface area contributed by atoms with Gasteiger partial charge in [0.05, 0.1) is 0 Å². The Labute approximate surface area is 78.5 Å². The highest BCUT2D eigenvalue weighted by Crippen LogP contribution is 2.16. The lowest BCUT2D eigenvalue weighted by Crippen LogP contribution is -1.87. The third-order valence-corrected chi connectivity index (χ3v) is 1.82. The van der Waals surface area contributed by atoms with Crippen LogP contribution in [0.4, 0.5) is 4.39 Å². The average Bonchev–Trinajstić information content (AvgIpc) is 1.95. The number of hydrogen-bond acceptors (Lipinski definition) is 0. The van der Waals surface area contributed by atoms with Crippen molar-refractivity contribution in [2.45, 2.75) is 0 Å². The maximum Gasteiger partial charge on any atom is 0.128 e. The summed E-state index contributed by atoms with van der Waals surface area (Å²) in [6.07, 6.45) is 1.74. The van der Waals surface area contributed by atoms with Crippen LogP contribution in [0.1, 0.15) is 5.56 Å². The van der Waals surface area contributed by atoms with Gasteiger partial charge in [-0.05, 0) is 17.7 Å². The molecule has 0 heterocycles. The fourth-order valence-corrected chi connectivity index (χ4v) is 1.26. The summed E-state index contributed by atoms with van der Waals surface area (Å²) in [5, 5.41) is 1.07. The molecule has 1 aromatic carbocycles. The summed E-state index contributed by atoms with van der Waals surface area (Å²) in [7, 11) is 0. The smallest absolute Gasteiger partial charge is 0.128 e. The molecule has 0 N–H and O–H groups in total. The van der Waals surface area contributed by atoms with Crippen molar-refractivity contribution in [3.05, 3.63) is 41.0 Å². The summed E-state index contributed by atoms with van der Waals surface area (Å²) in [6.45, 7) is 0. The van der Waals surface area contributed by atoms with Gasteiger partial charge in [-0.25, -0.2) is 4.39 Å². The lowest BCUT2D eigenvalue weighted by molar-refractivity contribution is 0.620. The van der Waals surface area contributed by atoms with Gasteiger partial charge in [-0.3, -0.25) is 0 Å². The topological polar surface area (TPSA) is 0 Å². The van der Waals surface area contributed by atoms with Gasteiger partial charge >= 0.3 is 0 Å². The number of hydrogen-bond donors (Lipinski definition) is 0. The summed E-state index contributed by atoms with van der Waals surface area (Å²) < 4.78 is 12.9. The van der Waals surface area contributed by atoms with Gasteiger partial charge in [0.25, 0.3) is 0 Å². The first-order valence-electron chi connectivity index (χ1n) is 3.08. The molecule has 0 saturated carbocycles. The van der Waals surface area contributed by atoms with Crippen molar-refractivity contribution in [3.63, 3.8) is 0 Å². The molecule has 0 aliphatic heterocycles. The van der Waals surface area contributed by atoms with Crippen molar-refractivity contribution >= 4 is 27.5 Å². The molecule has 0 saturated heterocycles. The molecular formula is C8H6BrClF. The Hall–Kier alpha value is -0.0800. The van der Waals surface area contributed by atoms with Gasteiger partial charge in [0.1, 0.15) is 5.82 Å². The monoisotopic (exact) mass is 235 g/mol. The molecular weight excluding hydrogens is 230 g/mol. The van der Waals surface area contributed by atoms with E-state index in [1.54, 1.807) is 18.6 Å². The van der Waals surface area contributed by atoms with Crippen molar-refractivity contribution in [3.8, 4) is 0 Å². The van der Waals surface area contributed by atoms with Crippen LogP contribution in [0, 0.1) is 12.2 Å². The second-order valence-electron chi connectivity index (χ2n) is 2.02. The van der Waals surface area contributed by atoms with Crippen LogP contribution in [0.2, 0.25) is 5.02 Å². The Bertz CT molecular complexity index is 250. The van der Waals surface area contributed by atoms with E-state index in [1.807, 2.05) is 0 Å². The molecule has 0 aliphatic carbocycles. The fourth-order valence-electron chi connectivity index (χ4n) is 0.750. The standard InChI is InChI=1S/C8H6BrClF/c9-4-3-6-1-2-7(10)5-8(6)11/h1-3,5H,4H2. The van der Waals surface area contributed by atoms with E-state index in [2.05, 4.69) is 15.9 Å². The predicted molar refractivity (Wildman–Crippen MR) is 48.6 cm³/mol. The zero-order valence-corrected chi connectivity index (χ0v) is 7.99. The second kappa shape index (κ2) is 4.07. The van der Waals surface area contributed by atoms with Gasteiger partial charge < -0.3 is 0 Å². The lowest BCUT2D eigenvalue weighted by Gasteiger charge is -1.98. The van der Waals surface area contributed by atoms with Crippen LogP contribution in [0.5, 0.6) is 0 Å². The van der Waals surface area contributed by atoms with E-state index in [0.717, 1.165) is 0 Å². The van der Waals surface area contributed by atoms with Gasteiger partial charge in [-0.15, -0.1) is 0 Å². The third kappa shape index (κ3) is 2.46. The first-order chi connectivity index (χ1) is 5.24. The summed E-state index contributed by atoms with van der Waals surface area (Å²) >= 11 is 8.74. The molecule has 0 unspecified atom stereocenters. The Balaban J connectivity index is 2.90. The molecule has 0 atom stereocenters. The molecule has 0 amide bonds. The maximum absolute atomic E-state index is 12.9. The Morgan fingerprint density at radius 3 is 2.82 bits per heavy atom. The van der Waals surface area contributed by atoms with Crippen LogP contribution in [0.3, 0.4) is 0 Å². The van der Waals surface area contributed by atoms with E-state index in [4.69, 9.17) is 11.6 Å². The van der Waals surface area contributed by atoms with Gasteiger partial charge in [-0.1, -0.05) is 33.6 Å². The third-order valence-electron chi connectivity index (χ3n) is 1.26. The minimum atomic E-state index is -0.281. The maximum atomic E-state index is 12.9. The Kier molecular flexibility index (Phi) is 3.34. The molecule has 59 valence electrons. The Morgan fingerprint density at radius 2 is 2.27 bits per heavy atom. The van der Waals surface area contributed by atoms with Crippen molar-refractivity contribution in [1.82, 2.24) is 0 Å². The van der Waals surface area contributed by atoms with Gasteiger partial charge in [-0.2, -0.15) is 0 Å². The first kappa shape index (κ1) is 9.01. The highest BCUT2D eigenvalue weighted by Gasteiger charge is 2.00. The molecule has 0 aromatic heterocycles. The van der Waals surface area contributed by atoms with E-state index in [0.29, 0.717) is 15.9 Å². The summed E-state index contributed by atoms with van der Waals surface area (Å²) in [4.78, 5) is 0. The van der Waals surface area contributed by atoms with Crippen molar-refractivity contribution in [1.29, 1.82) is 0 Å². The molecule has 0 spiro atoms. The highest BCUT2D eigenvalue weighted by molar-refractivity contribution is 9.09. The fraction of sp³-hybridized carbons (Fsp3) is 0.125. The van der Waals surface area contributed by atoms with Crippen molar-refractivity contribution < 1.29 is 4.39 Å². The molecule has 0 aliphatic rings. The quantitative estimate of drug-likeness (QED) is 0.690. The second-order valence-corrected chi connectivity index (χ2v) is 3.11. The van der Waals surface area contributed by atoms with E-state index in [9.17, 15) is 4.39 Å². The van der Waals surface area contributed by atoms with Crippen molar-refractivity contribution in [2.24, 2.45) is 0 Å². The summed E-state index contributed by atoms with van der Waals surface area (Å²) in [5.74, 6) is -0.281. The summed E-state index contributed by atoms with van der Waals surface area (Å²) in [5.41, 5.74) is 0.575. The molecule has 1 aromatic rings. The van der Waals surface area contributed by atoms with E-state index in [-0.39, 0.29) is 5.82 Å². The molecule has 0 fully saturated rings. The normalized spacial score (nSPS) is 10.1. The number of alkyl halides is 1. The van der Waals surface area contributed by atoms with Gasteiger partial charge in [0.2, 0.25) is 0 Å². The molecule has 1 radical (unpaired) electrons. The largest absolute Gasteiger partial charge is 0.207 e. The lowest BCUT2D eigenvalue weighted by atomic mass is 10.2. The van der Waals surface area contributed by atoms with Gasteiger partial charge in [0.15, 0.2) is 0 Å². The summed E-state index contributed by atoms with van der Waals surface area (Å²) in [6, 6.07) is 4.62. The minimum absolute atomic E-state index is 0.281. The van der Waals surface area contributed by atoms with E-state index < -0.39 is 0 Å². The molecule has 1 rings (SSSR count).